The Morgan fingerprint density at radius 3 is 2.19 bits per heavy atom. The van der Waals surface area contributed by atoms with Gasteiger partial charge in [-0.2, -0.15) is 0 Å². The van der Waals surface area contributed by atoms with Gasteiger partial charge in [-0.05, 0) is 65.3 Å². The van der Waals surface area contributed by atoms with E-state index >= 15 is 0 Å². The Morgan fingerprint density at radius 1 is 1.10 bits per heavy atom. The number of ether oxygens (including phenoxy) is 2. The minimum atomic E-state index is -0.246. The molecule has 0 aromatic heterocycles. The Kier molecular flexibility index (Phi) is 7.20. The molecule has 1 unspecified atom stereocenters. The molecule has 0 saturated heterocycles. The maximum Gasteiger partial charge on any atom is 0.119 e. The van der Waals surface area contributed by atoms with E-state index in [0.29, 0.717) is 6.61 Å². The van der Waals surface area contributed by atoms with Gasteiger partial charge in [-0.25, -0.2) is 0 Å². The number of hydrogen-bond donors (Lipinski definition) is 1. The molecule has 3 heteroatoms. The first-order valence-corrected chi connectivity index (χ1v) is 8.04. The molecule has 3 nitrogen and oxygen atoms in total. The van der Waals surface area contributed by atoms with Crippen LogP contribution in [0.4, 0.5) is 0 Å². The van der Waals surface area contributed by atoms with Crippen molar-refractivity contribution in [3.05, 3.63) is 29.8 Å². The predicted molar refractivity (Wildman–Crippen MR) is 88.9 cm³/mol. The molecule has 21 heavy (non-hydrogen) atoms. The average molecular weight is 293 g/mol. The molecule has 1 aromatic rings. The lowest BCUT2D eigenvalue weighted by Gasteiger charge is -2.35. The summed E-state index contributed by atoms with van der Waals surface area (Å²) in [6.07, 6.45) is 1.30. The third kappa shape index (κ3) is 5.68. The molecule has 120 valence electrons. The summed E-state index contributed by atoms with van der Waals surface area (Å²) in [6.45, 7) is 14.3. The molecule has 1 rings (SSSR count). The highest BCUT2D eigenvalue weighted by atomic mass is 16.5. The van der Waals surface area contributed by atoms with Crippen molar-refractivity contribution >= 4 is 0 Å². The van der Waals surface area contributed by atoms with Gasteiger partial charge in [-0.15, -0.1) is 0 Å². The molecule has 1 N–H and O–H groups in total. The van der Waals surface area contributed by atoms with Gasteiger partial charge in [0.1, 0.15) is 5.75 Å². The number of nitrogens with one attached hydrogen (secondary N) is 1. The van der Waals surface area contributed by atoms with Crippen LogP contribution >= 0.6 is 0 Å². The second-order valence-corrected chi connectivity index (χ2v) is 6.16. The molecular formula is C18H31NO2. The molecule has 0 aliphatic carbocycles. The van der Waals surface area contributed by atoms with Crippen LogP contribution in [0, 0.1) is 0 Å². The minimum Gasteiger partial charge on any atom is -0.491 e. The van der Waals surface area contributed by atoms with E-state index in [9.17, 15) is 0 Å². The zero-order valence-corrected chi connectivity index (χ0v) is 14.4. The van der Waals surface area contributed by atoms with Crippen LogP contribution in [-0.4, -0.2) is 24.9 Å². The lowest BCUT2D eigenvalue weighted by Crippen LogP contribution is -2.41. The maximum atomic E-state index is 5.94. The smallest absolute Gasteiger partial charge is 0.119 e. The first-order chi connectivity index (χ1) is 9.90. The lowest BCUT2D eigenvalue weighted by molar-refractivity contribution is -0.0391. The van der Waals surface area contributed by atoms with E-state index in [1.54, 1.807) is 0 Å². The molecule has 0 radical (unpaired) electrons. The van der Waals surface area contributed by atoms with Crippen molar-refractivity contribution in [2.45, 2.75) is 65.7 Å². The van der Waals surface area contributed by atoms with E-state index in [4.69, 9.17) is 9.47 Å². The monoisotopic (exact) mass is 293 g/mol. The molecule has 0 fully saturated rings. The fourth-order valence-corrected chi connectivity index (χ4v) is 2.52. The van der Waals surface area contributed by atoms with E-state index in [-0.39, 0.29) is 17.7 Å². The van der Waals surface area contributed by atoms with Gasteiger partial charge in [0, 0.05) is 6.61 Å². The van der Waals surface area contributed by atoms with Gasteiger partial charge >= 0.3 is 0 Å². The van der Waals surface area contributed by atoms with Crippen LogP contribution < -0.4 is 10.1 Å². The summed E-state index contributed by atoms with van der Waals surface area (Å²) in [6, 6.07) is 8.51. The Balaban J connectivity index is 2.92. The fourth-order valence-electron chi connectivity index (χ4n) is 2.52. The summed E-state index contributed by atoms with van der Waals surface area (Å²) in [4.78, 5) is 0. The van der Waals surface area contributed by atoms with Crippen LogP contribution in [-0.2, 0) is 4.74 Å². The van der Waals surface area contributed by atoms with Crippen LogP contribution in [0.1, 0.15) is 59.6 Å². The maximum absolute atomic E-state index is 5.94. The van der Waals surface area contributed by atoms with Crippen LogP contribution in [0.5, 0.6) is 5.75 Å². The quantitative estimate of drug-likeness (QED) is 0.735. The molecule has 0 amide bonds. The predicted octanol–water partition coefficient (Wildman–Crippen LogP) is 4.33. The van der Waals surface area contributed by atoms with Crippen LogP contribution in [0.25, 0.3) is 0 Å². The standard InChI is InChI=1S/C18H31NO2/c1-7-13-19-17(18(5,6)20-8-2)15-9-11-16(12-10-15)21-14(3)4/h9-12,14,17,19H,7-8,13H2,1-6H3. The van der Waals surface area contributed by atoms with Crippen molar-refractivity contribution in [3.63, 3.8) is 0 Å². The van der Waals surface area contributed by atoms with Gasteiger partial charge in [0.25, 0.3) is 0 Å². The summed E-state index contributed by atoms with van der Waals surface area (Å²) >= 11 is 0. The molecule has 1 atom stereocenters. The second kappa shape index (κ2) is 8.40. The first-order valence-electron chi connectivity index (χ1n) is 8.04. The zero-order valence-electron chi connectivity index (χ0n) is 14.4. The van der Waals surface area contributed by atoms with Crippen molar-refractivity contribution in [2.24, 2.45) is 0 Å². The Morgan fingerprint density at radius 2 is 1.71 bits per heavy atom. The molecule has 1 aromatic carbocycles. The third-order valence-corrected chi connectivity index (χ3v) is 3.40. The summed E-state index contributed by atoms with van der Waals surface area (Å²) in [7, 11) is 0. The highest BCUT2D eigenvalue weighted by Crippen LogP contribution is 2.30. The van der Waals surface area contributed by atoms with Gasteiger partial charge in [-0.1, -0.05) is 19.1 Å². The molecule has 0 aliphatic rings. The third-order valence-electron chi connectivity index (χ3n) is 3.40. The molecular weight excluding hydrogens is 262 g/mol. The van der Waals surface area contributed by atoms with Gasteiger partial charge in [-0.3, -0.25) is 0 Å². The zero-order chi connectivity index (χ0) is 15.9. The summed E-state index contributed by atoms with van der Waals surface area (Å²) in [5.41, 5.74) is 0.989. The van der Waals surface area contributed by atoms with Crippen LogP contribution in [0.2, 0.25) is 0 Å². The van der Waals surface area contributed by atoms with Gasteiger partial charge < -0.3 is 14.8 Å². The Labute approximate surface area is 130 Å². The van der Waals surface area contributed by atoms with Crippen LogP contribution in [0.3, 0.4) is 0 Å². The van der Waals surface area contributed by atoms with E-state index < -0.39 is 0 Å². The van der Waals surface area contributed by atoms with Crippen molar-refractivity contribution < 1.29 is 9.47 Å². The molecule has 0 aliphatic heterocycles. The van der Waals surface area contributed by atoms with E-state index in [1.165, 1.54) is 5.56 Å². The fraction of sp³-hybridized carbons (Fsp3) is 0.667. The Bertz CT molecular complexity index is 398. The normalized spacial score (nSPS) is 13.5. The summed E-state index contributed by atoms with van der Waals surface area (Å²) in [5.74, 6) is 0.914. The number of rotatable bonds is 9. The highest BCUT2D eigenvalue weighted by Gasteiger charge is 2.30. The van der Waals surface area contributed by atoms with E-state index in [0.717, 1.165) is 18.7 Å². The van der Waals surface area contributed by atoms with Gasteiger partial charge in [0.2, 0.25) is 0 Å². The van der Waals surface area contributed by atoms with Crippen molar-refractivity contribution in [2.75, 3.05) is 13.2 Å². The molecule has 0 saturated carbocycles. The van der Waals surface area contributed by atoms with Gasteiger partial charge in [0.05, 0.1) is 17.7 Å². The molecule has 0 bridgehead atoms. The second-order valence-electron chi connectivity index (χ2n) is 6.16. The number of benzene rings is 1. The Hall–Kier alpha value is -1.06. The van der Waals surface area contributed by atoms with Crippen molar-refractivity contribution in [1.29, 1.82) is 0 Å². The van der Waals surface area contributed by atoms with Gasteiger partial charge in [0.15, 0.2) is 0 Å². The first kappa shape index (κ1) is 18.0. The van der Waals surface area contributed by atoms with E-state index in [1.807, 2.05) is 32.9 Å². The molecule has 0 spiro atoms. The van der Waals surface area contributed by atoms with E-state index in [2.05, 4.69) is 38.2 Å². The number of hydrogen-bond acceptors (Lipinski definition) is 3. The molecule has 0 heterocycles. The SMILES string of the molecule is CCCNC(c1ccc(OC(C)C)cc1)C(C)(C)OCC. The van der Waals surface area contributed by atoms with Crippen molar-refractivity contribution in [1.82, 2.24) is 5.32 Å². The lowest BCUT2D eigenvalue weighted by atomic mass is 9.91. The largest absolute Gasteiger partial charge is 0.491 e. The average Bonchev–Trinajstić information content (AvgIpc) is 2.40. The van der Waals surface area contributed by atoms with Crippen LogP contribution in [0.15, 0.2) is 24.3 Å². The summed E-state index contributed by atoms with van der Waals surface area (Å²) in [5, 5.41) is 3.61. The van der Waals surface area contributed by atoms with Crippen molar-refractivity contribution in [3.8, 4) is 5.75 Å². The topological polar surface area (TPSA) is 30.5 Å². The minimum absolute atomic E-state index is 0.172. The summed E-state index contributed by atoms with van der Waals surface area (Å²) < 4.78 is 11.7. The highest BCUT2D eigenvalue weighted by molar-refractivity contribution is 5.30.